The number of nitrogens with one attached hydrogen (secondary N) is 2. The van der Waals surface area contributed by atoms with E-state index in [0.717, 1.165) is 25.9 Å². The number of hydrogen-bond donors (Lipinski definition) is 3. The summed E-state index contributed by atoms with van der Waals surface area (Å²) < 4.78 is 0. The summed E-state index contributed by atoms with van der Waals surface area (Å²) in [6, 6.07) is 0.350. The molecule has 1 unspecified atom stereocenters. The maximum absolute atomic E-state index is 11.4. The third-order valence-electron chi connectivity index (χ3n) is 2.49. The van der Waals surface area contributed by atoms with Gasteiger partial charge in [0.05, 0.1) is 0 Å². The first-order chi connectivity index (χ1) is 6.24. The largest absolute Gasteiger partial charge is 0.353 e. The van der Waals surface area contributed by atoms with Gasteiger partial charge in [0.25, 0.3) is 0 Å². The van der Waals surface area contributed by atoms with Crippen LogP contribution >= 0.6 is 0 Å². The van der Waals surface area contributed by atoms with E-state index in [9.17, 15) is 4.79 Å². The highest BCUT2D eigenvalue weighted by Crippen LogP contribution is 2.03. The molecule has 0 aromatic carbocycles. The van der Waals surface area contributed by atoms with Crippen LogP contribution < -0.4 is 16.4 Å². The van der Waals surface area contributed by atoms with E-state index in [-0.39, 0.29) is 11.8 Å². The van der Waals surface area contributed by atoms with Gasteiger partial charge in [0.2, 0.25) is 5.91 Å². The van der Waals surface area contributed by atoms with Crippen molar-refractivity contribution < 1.29 is 4.79 Å². The van der Waals surface area contributed by atoms with Crippen molar-refractivity contribution in [3.8, 4) is 0 Å². The second-order valence-electron chi connectivity index (χ2n) is 3.67. The predicted octanol–water partition coefficient (Wildman–Crippen LogP) is -0.551. The van der Waals surface area contributed by atoms with Crippen LogP contribution in [0.4, 0.5) is 0 Å². The molecule has 0 saturated carbocycles. The molecule has 0 aromatic rings. The van der Waals surface area contributed by atoms with Crippen molar-refractivity contribution in [1.82, 2.24) is 10.6 Å². The number of carbonyl (C=O) groups excluding carboxylic acids is 1. The molecule has 1 saturated heterocycles. The van der Waals surface area contributed by atoms with E-state index in [0.29, 0.717) is 12.6 Å². The first kappa shape index (κ1) is 10.5. The van der Waals surface area contributed by atoms with Crippen LogP contribution in [0.2, 0.25) is 0 Å². The molecule has 4 nitrogen and oxygen atoms in total. The Balaban J connectivity index is 2.26. The van der Waals surface area contributed by atoms with Crippen LogP contribution in [-0.2, 0) is 4.79 Å². The fraction of sp³-hybridized carbons (Fsp3) is 0.889. The van der Waals surface area contributed by atoms with Gasteiger partial charge in [-0.1, -0.05) is 6.92 Å². The van der Waals surface area contributed by atoms with E-state index in [4.69, 9.17) is 5.73 Å². The number of rotatable bonds is 3. The Kier molecular flexibility index (Phi) is 4.18. The van der Waals surface area contributed by atoms with Crippen molar-refractivity contribution in [3.63, 3.8) is 0 Å². The summed E-state index contributed by atoms with van der Waals surface area (Å²) in [6.45, 7) is 4.29. The predicted molar refractivity (Wildman–Crippen MR) is 52.3 cm³/mol. The van der Waals surface area contributed by atoms with Crippen molar-refractivity contribution in [2.45, 2.75) is 25.8 Å². The molecule has 0 bridgehead atoms. The van der Waals surface area contributed by atoms with Gasteiger partial charge in [0, 0.05) is 18.5 Å². The van der Waals surface area contributed by atoms with E-state index in [1.54, 1.807) is 0 Å². The lowest BCUT2D eigenvalue weighted by molar-refractivity contribution is -0.125. The van der Waals surface area contributed by atoms with Crippen LogP contribution in [0.15, 0.2) is 0 Å². The van der Waals surface area contributed by atoms with Crippen molar-refractivity contribution in [1.29, 1.82) is 0 Å². The van der Waals surface area contributed by atoms with Crippen LogP contribution in [-0.4, -0.2) is 31.6 Å². The highest BCUT2D eigenvalue weighted by Gasteiger charge is 2.17. The Hall–Kier alpha value is -0.610. The molecule has 1 atom stereocenters. The molecule has 0 spiro atoms. The van der Waals surface area contributed by atoms with Crippen molar-refractivity contribution in [3.05, 3.63) is 0 Å². The average Bonchev–Trinajstić information content (AvgIpc) is 2.18. The molecule has 0 aliphatic carbocycles. The van der Waals surface area contributed by atoms with Crippen LogP contribution in [0.5, 0.6) is 0 Å². The topological polar surface area (TPSA) is 67.2 Å². The molecule has 1 aliphatic heterocycles. The Morgan fingerprint density at radius 1 is 1.62 bits per heavy atom. The highest BCUT2D eigenvalue weighted by atomic mass is 16.1. The lowest BCUT2D eigenvalue weighted by Crippen LogP contribution is -2.45. The molecule has 1 aliphatic rings. The lowest BCUT2D eigenvalue weighted by Gasteiger charge is -2.24. The molecule has 76 valence electrons. The van der Waals surface area contributed by atoms with Gasteiger partial charge in [-0.25, -0.2) is 0 Å². The maximum Gasteiger partial charge on any atom is 0.224 e. The summed E-state index contributed by atoms with van der Waals surface area (Å²) in [7, 11) is 0. The van der Waals surface area contributed by atoms with Crippen LogP contribution in [0.3, 0.4) is 0 Å². The van der Waals surface area contributed by atoms with Gasteiger partial charge in [-0.2, -0.15) is 0 Å². The molecule has 0 aromatic heterocycles. The first-order valence-corrected chi connectivity index (χ1v) is 4.95. The normalized spacial score (nSPS) is 21.1. The number of carbonyl (C=O) groups is 1. The van der Waals surface area contributed by atoms with Gasteiger partial charge < -0.3 is 16.4 Å². The van der Waals surface area contributed by atoms with E-state index >= 15 is 0 Å². The van der Waals surface area contributed by atoms with Gasteiger partial charge >= 0.3 is 0 Å². The number of piperidine rings is 1. The van der Waals surface area contributed by atoms with Crippen LogP contribution in [0, 0.1) is 5.92 Å². The van der Waals surface area contributed by atoms with E-state index < -0.39 is 0 Å². The highest BCUT2D eigenvalue weighted by molar-refractivity contribution is 5.78. The van der Waals surface area contributed by atoms with E-state index in [2.05, 4.69) is 10.6 Å². The zero-order valence-corrected chi connectivity index (χ0v) is 8.18. The monoisotopic (exact) mass is 185 g/mol. The Morgan fingerprint density at radius 3 is 2.77 bits per heavy atom. The smallest absolute Gasteiger partial charge is 0.224 e. The molecule has 0 radical (unpaired) electrons. The molecule has 4 N–H and O–H groups in total. The van der Waals surface area contributed by atoms with Crippen molar-refractivity contribution >= 4 is 5.91 Å². The third kappa shape index (κ3) is 3.32. The second kappa shape index (κ2) is 5.19. The molecular formula is C9H19N3O. The summed E-state index contributed by atoms with van der Waals surface area (Å²) in [6.07, 6.45) is 2.06. The van der Waals surface area contributed by atoms with Gasteiger partial charge in [-0.05, 0) is 25.9 Å². The van der Waals surface area contributed by atoms with Gasteiger partial charge in [-0.15, -0.1) is 0 Å². The minimum Gasteiger partial charge on any atom is -0.353 e. The standard InChI is InChI=1S/C9H19N3O/c1-7(6-10)9(13)12-8-2-4-11-5-3-8/h7-8,11H,2-6,10H2,1H3,(H,12,13). The van der Waals surface area contributed by atoms with Gasteiger partial charge in [-0.3, -0.25) is 4.79 Å². The zero-order chi connectivity index (χ0) is 9.68. The fourth-order valence-electron chi connectivity index (χ4n) is 1.42. The SMILES string of the molecule is CC(CN)C(=O)NC1CCNCC1. The molecule has 1 amide bonds. The molecule has 1 fully saturated rings. The summed E-state index contributed by atoms with van der Waals surface area (Å²) >= 11 is 0. The molecule has 4 heteroatoms. The lowest BCUT2D eigenvalue weighted by atomic mass is 10.1. The van der Waals surface area contributed by atoms with Gasteiger partial charge in [0.15, 0.2) is 0 Å². The summed E-state index contributed by atoms with van der Waals surface area (Å²) in [5, 5.41) is 6.27. The van der Waals surface area contributed by atoms with Crippen LogP contribution in [0.25, 0.3) is 0 Å². The Labute approximate surface area is 79.3 Å². The summed E-state index contributed by atoms with van der Waals surface area (Å²) in [5.74, 6) is 0.0317. The summed E-state index contributed by atoms with van der Waals surface area (Å²) in [4.78, 5) is 11.4. The quantitative estimate of drug-likeness (QED) is 0.552. The summed E-state index contributed by atoms with van der Waals surface area (Å²) in [5.41, 5.74) is 5.40. The maximum atomic E-state index is 11.4. The van der Waals surface area contributed by atoms with Crippen molar-refractivity contribution in [2.75, 3.05) is 19.6 Å². The van der Waals surface area contributed by atoms with E-state index in [1.165, 1.54) is 0 Å². The molecular weight excluding hydrogens is 166 g/mol. The Morgan fingerprint density at radius 2 is 2.23 bits per heavy atom. The van der Waals surface area contributed by atoms with Crippen LogP contribution in [0.1, 0.15) is 19.8 Å². The van der Waals surface area contributed by atoms with E-state index in [1.807, 2.05) is 6.92 Å². The minimum absolute atomic E-state index is 0.0603. The number of amides is 1. The average molecular weight is 185 g/mol. The third-order valence-corrected chi connectivity index (χ3v) is 2.49. The molecule has 1 heterocycles. The second-order valence-corrected chi connectivity index (χ2v) is 3.67. The Bertz CT molecular complexity index is 166. The van der Waals surface area contributed by atoms with Gasteiger partial charge in [0.1, 0.15) is 0 Å². The number of nitrogens with two attached hydrogens (primary N) is 1. The van der Waals surface area contributed by atoms with Crippen molar-refractivity contribution in [2.24, 2.45) is 11.7 Å². The molecule has 13 heavy (non-hydrogen) atoms. The minimum atomic E-state index is -0.0603. The first-order valence-electron chi connectivity index (χ1n) is 4.95. The molecule has 1 rings (SSSR count). The fourth-order valence-corrected chi connectivity index (χ4v) is 1.42. The zero-order valence-electron chi connectivity index (χ0n) is 8.18. The number of hydrogen-bond acceptors (Lipinski definition) is 3.